The molecule has 1 aliphatic heterocycles. The van der Waals surface area contributed by atoms with Crippen LogP contribution < -0.4 is 10.6 Å². The molecule has 1 saturated heterocycles. The topological polar surface area (TPSA) is 50.4 Å². The second-order valence-corrected chi connectivity index (χ2v) is 4.53. The summed E-state index contributed by atoms with van der Waals surface area (Å²) in [5.74, 6) is 0.392. The molecule has 1 amide bonds. The fourth-order valence-electron chi connectivity index (χ4n) is 1.59. The molecule has 1 rings (SSSR count). The van der Waals surface area contributed by atoms with Gasteiger partial charge in [0.05, 0.1) is 6.61 Å². The van der Waals surface area contributed by atoms with Gasteiger partial charge in [-0.25, -0.2) is 4.79 Å². The summed E-state index contributed by atoms with van der Waals surface area (Å²) in [7, 11) is 0. The van der Waals surface area contributed by atoms with E-state index in [9.17, 15) is 4.79 Å². The van der Waals surface area contributed by atoms with E-state index < -0.39 is 0 Å². The predicted molar refractivity (Wildman–Crippen MR) is 59.8 cm³/mol. The molecular weight excluding hydrogens is 192 g/mol. The smallest absolute Gasteiger partial charge is 0.407 e. The van der Waals surface area contributed by atoms with Gasteiger partial charge in [0.25, 0.3) is 0 Å². The summed E-state index contributed by atoms with van der Waals surface area (Å²) >= 11 is 0. The number of carbonyl (C=O) groups is 1. The second-order valence-electron chi connectivity index (χ2n) is 4.53. The lowest BCUT2D eigenvalue weighted by atomic mass is 10.1. The van der Waals surface area contributed by atoms with Gasteiger partial charge in [0.2, 0.25) is 0 Å². The lowest BCUT2D eigenvalue weighted by Crippen LogP contribution is -2.41. The Labute approximate surface area is 91.8 Å². The molecule has 1 fully saturated rings. The van der Waals surface area contributed by atoms with Crippen molar-refractivity contribution in [3.05, 3.63) is 0 Å². The maximum Gasteiger partial charge on any atom is 0.407 e. The van der Waals surface area contributed by atoms with Gasteiger partial charge in [-0.05, 0) is 25.3 Å². The van der Waals surface area contributed by atoms with E-state index in [-0.39, 0.29) is 12.1 Å². The number of rotatable bonds is 3. The van der Waals surface area contributed by atoms with Gasteiger partial charge in [-0.2, -0.15) is 0 Å². The number of alkyl carbamates (subject to hydrolysis) is 1. The lowest BCUT2D eigenvalue weighted by molar-refractivity contribution is 0.129. The molecule has 88 valence electrons. The molecule has 4 nitrogen and oxygen atoms in total. The molecular formula is C11H22N2O2. The monoisotopic (exact) mass is 214 g/mol. The third-order valence-electron chi connectivity index (χ3n) is 2.42. The maximum absolute atomic E-state index is 11.4. The van der Waals surface area contributed by atoms with Crippen molar-refractivity contribution >= 4 is 6.09 Å². The van der Waals surface area contributed by atoms with Crippen LogP contribution in [0.1, 0.15) is 33.1 Å². The molecule has 0 bridgehead atoms. The van der Waals surface area contributed by atoms with E-state index in [1.54, 1.807) is 0 Å². The first kappa shape index (κ1) is 12.3. The Morgan fingerprint density at radius 1 is 1.53 bits per heavy atom. The van der Waals surface area contributed by atoms with Crippen molar-refractivity contribution < 1.29 is 9.53 Å². The van der Waals surface area contributed by atoms with Crippen LogP contribution in [0.5, 0.6) is 0 Å². The zero-order valence-electron chi connectivity index (χ0n) is 9.71. The third-order valence-corrected chi connectivity index (χ3v) is 2.42. The van der Waals surface area contributed by atoms with Crippen LogP contribution in [0.25, 0.3) is 0 Å². The van der Waals surface area contributed by atoms with Crippen LogP contribution in [-0.2, 0) is 4.74 Å². The summed E-state index contributed by atoms with van der Waals surface area (Å²) in [6.07, 6.45) is 3.13. The Morgan fingerprint density at radius 3 is 3.07 bits per heavy atom. The van der Waals surface area contributed by atoms with E-state index in [1.807, 2.05) is 13.8 Å². The second kappa shape index (κ2) is 6.67. The molecule has 15 heavy (non-hydrogen) atoms. The number of carbonyl (C=O) groups excluding carboxylic acids is 1. The normalized spacial score (nSPS) is 22.2. The summed E-state index contributed by atoms with van der Waals surface area (Å²) in [5.41, 5.74) is 0. The van der Waals surface area contributed by atoms with E-state index in [2.05, 4.69) is 10.6 Å². The van der Waals surface area contributed by atoms with Crippen LogP contribution in [0.4, 0.5) is 4.79 Å². The standard InChI is InChI=1S/C11H22N2O2/c1-9(2)8-15-11(14)13-10-5-3-4-6-12-7-10/h9-10,12H,3-8H2,1-2H3,(H,13,14). The third kappa shape index (κ3) is 5.62. The average molecular weight is 214 g/mol. The van der Waals surface area contributed by atoms with E-state index in [0.717, 1.165) is 19.5 Å². The van der Waals surface area contributed by atoms with Gasteiger partial charge in [-0.15, -0.1) is 0 Å². The number of ether oxygens (including phenoxy) is 1. The largest absolute Gasteiger partial charge is 0.449 e. The SMILES string of the molecule is CC(C)COC(=O)NC1CCCCNC1. The zero-order chi connectivity index (χ0) is 11.1. The molecule has 0 spiro atoms. The van der Waals surface area contributed by atoms with Gasteiger partial charge in [0.1, 0.15) is 0 Å². The first-order valence-corrected chi connectivity index (χ1v) is 5.82. The minimum Gasteiger partial charge on any atom is -0.449 e. The van der Waals surface area contributed by atoms with Crippen LogP contribution in [0.3, 0.4) is 0 Å². The van der Waals surface area contributed by atoms with Crippen LogP contribution in [0.15, 0.2) is 0 Å². The summed E-state index contributed by atoms with van der Waals surface area (Å²) in [6.45, 7) is 6.46. The van der Waals surface area contributed by atoms with E-state index in [1.165, 1.54) is 12.8 Å². The van der Waals surface area contributed by atoms with E-state index >= 15 is 0 Å². The van der Waals surface area contributed by atoms with Crippen molar-refractivity contribution in [3.63, 3.8) is 0 Å². The van der Waals surface area contributed by atoms with Gasteiger partial charge >= 0.3 is 6.09 Å². The van der Waals surface area contributed by atoms with Crippen LogP contribution >= 0.6 is 0 Å². The molecule has 2 N–H and O–H groups in total. The van der Waals surface area contributed by atoms with Gasteiger partial charge < -0.3 is 15.4 Å². The molecule has 1 heterocycles. The number of amides is 1. The van der Waals surface area contributed by atoms with Gasteiger partial charge in [0, 0.05) is 12.6 Å². The molecule has 0 aromatic rings. The Hall–Kier alpha value is -0.770. The highest BCUT2D eigenvalue weighted by Gasteiger charge is 2.14. The number of hydrogen-bond acceptors (Lipinski definition) is 3. The summed E-state index contributed by atoms with van der Waals surface area (Å²) in [4.78, 5) is 11.4. The minimum absolute atomic E-state index is 0.229. The summed E-state index contributed by atoms with van der Waals surface area (Å²) in [6, 6.07) is 0.229. The van der Waals surface area contributed by atoms with Crippen molar-refractivity contribution in [3.8, 4) is 0 Å². The fourth-order valence-corrected chi connectivity index (χ4v) is 1.59. The average Bonchev–Trinajstić information content (AvgIpc) is 2.43. The first-order chi connectivity index (χ1) is 7.18. The highest BCUT2D eigenvalue weighted by Crippen LogP contribution is 2.04. The molecule has 0 radical (unpaired) electrons. The minimum atomic E-state index is -0.280. The maximum atomic E-state index is 11.4. The highest BCUT2D eigenvalue weighted by atomic mass is 16.5. The lowest BCUT2D eigenvalue weighted by Gasteiger charge is -2.16. The molecule has 1 unspecified atom stereocenters. The Balaban J connectivity index is 2.17. The fraction of sp³-hybridized carbons (Fsp3) is 0.909. The van der Waals surface area contributed by atoms with Gasteiger partial charge in [-0.1, -0.05) is 20.3 Å². The molecule has 0 aromatic heterocycles. The first-order valence-electron chi connectivity index (χ1n) is 5.82. The van der Waals surface area contributed by atoms with Gasteiger partial charge in [-0.3, -0.25) is 0 Å². The molecule has 4 heteroatoms. The Kier molecular flexibility index (Phi) is 5.47. The number of hydrogen-bond donors (Lipinski definition) is 2. The Bertz CT molecular complexity index is 187. The van der Waals surface area contributed by atoms with Crippen LogP contribution in [-0.4, -0.2) is 31.8 Å². The van der Waals surface area contributed by atoms with Crippen molar-refractivity contribution in [2.75, 3.05) is 19.7 Å². The number of nitrogens with one attached hydrogen (secondary N) is 2. The van der Waals surface area contributed by atoms with Gasteiger partial charge in [0.15, 0.2) is 0 Å². The summed E-state index contributed by atoms with van der Waals surface area (Å²) in [5, 5.41) is 6.19. The van der Waals surface area contributed by atoms with Crippen molar-refractivity contribution in [2.45, 2.75) is 39.2 Å². The van der Waals surface area contributed by atoms with E-state index in [4.69, 9.17) is 4.74 Å². The highest BCUT2D eigenvalue weighted by molar-refractivity contribution is 5.67. The van der Waals surface area contributed by atoms with Crippen molar-refractivity contribution in [2.24, 2.45) is 5.92 Å². The quantitative estimate of drug-likeness (QED) is 0.748. The molecule has 1 aliphatic rings. The molecule has 1 atom stereocenters. The Morgan fingerprint density at radius 2 is 2.33 bits per heavy atom. The molecule has 0 saturated carbocycles. The predicted octanol–water partition coefficient (Wildman–Crippen LogP) is 1.51. The molecule has 0 aromatic carbocycles. The zero-order valence-corrected chi connectivity index (χ0v) is 9.71. The molecule has 0 aliphatic carbocycles. The van der Waals surface area contributed by atoms with Crippen molar-refractivity contribution in [1.82, 2.24) is 10.6 Å². The van der Waals surface area contributed by atoms with Crippen molar-refractivity contribution in [1.29, 1.82) is 0 Å². The van der Waals surface area contributed by atoms with Crippen LogP contribution in [0.2, 0.25) is 0 Å². The summed E-state index contributed by atoms with van der Waals surface area (Å²) < 4.78 is 5.07. The van der Waals surface area contributed by atoms with E-state index in [0.29, 0.717) is 12.5 Å². The van der Waals surface area contributed by atoms with Crippen LogP contribution in [0, 0.1) is 5.92 Å².